The van der Waals surface area contributed by atoms with E-state index in [0.29, 0.717) is 10.8 Å². The summed E-state index contributed by atoms with van der Waals surface area (Å²) < 4.78 is 18.8. The second-order valence-electron chi connectivity index (χ2n) is 8.96. The summed E-state index contributed by atoms with van der Waals surface area (Å²) in [5.41, 5.74) is 3.91. The van der Waals surface area contributed by atoms with Crippen molar-refractivity contribution < 1.29 is 24.1 Å². The zero-order chi connectivity index (χ0) is 25.8. The van der Waals surface area contributed by atoms with E-state index in [0.717, 1.165) is 38.9 Å². The van der Waals surface area contributed by atoms with Crippen LogP contribution in [0.3, 0.4) is 0 Å². The summed E-state index contributed by atoms with van der Waals surface area (Å²) in [6.45, 7) is 5.85. The van der Waals surface area contributed by atoms with E-state index in [2.05, 4.69) is 22.5 Å². The molecule has 1 fully saturated rings. The van der Waals surface area contributed by atoms with Crippen LogP contribution < -0.4 is 9.47 Å². The van der Waals surface area contributed by atoms with E-state index < -0.39 is 12.6 Å². The number of rotatable bonds is 8. The first-order valence-corrected chi connectivity index (χ1v) is 12.8. The third-order valence-corrected chi connectivity index (χ3v) is 7.28. The Kier molecular flexibility index (Phi) is 8.39. The van der Waals surface area contributed by atoms with Crippen LogP contribution >= 0.6 is 27.5 Å². The summed E-state index contributed by atoms with van der Waals surface area (Å²) in [5, 5.41) is 9.87. The smallest absolute Gasteiger partial charge is 0.341 e. The minimum Gasteiger partial charge on any atom is -0.497 e. The predicted octanol–water partition coefficient (Wildman–Crippen LogP) is 7.75. The number of methoxy groups -OCH3 is 1. The van der Waals surface area contributed by atoms with E-state index in [1.807, 2.05) is 67.6 Å². The molecule has 0 aromatic heterocycles. The molecular formula is C29H28BrClO5. The number of ether oxygens (including phenoxy) is 3. The molecule has 1 heterocycles. The van der Waals surface area contributed by atoms with E-state index in [9.17, 15) is 9.90 Å². The summed E-state index contributed by atoms with van der Waals surface area (Å²) in [5.74, 6) is 0.232. The van der Waals surface area contributed by atoms with Crippen LogP contribution in [0.4, 0.5) is 0 Å². The van der Waals surface area contributed by atoms with Gasteiger partial charge in [0, 0.05) is 26.9 Å². The number of hydrogen-bond donors (Lipinski definition) is 1. The van der Waals surface area contributed by atoms with E-state index in [1.54, 1.807) is 13.2 Å². The summed E-state index contributed by atoms with van der Waals surface area (Å²) in [6, 6.07) is 21.3. The van der Waals surface area contributed by atoms with Crippen molar-refractivity contribution in [2.75, 3.05) is 13.7 Å². The van der Waals surface area contributed by atoms with Crippen LogP contribution in [0.25, 0.3) is 0 Å². The second-order valence-corrected chi connectivity index (χ2v) is 10.3. The van der Waals surface area contributed by atoms with Gasteiger partial charge in [-0.2, -0.15) is 0 Å². The highest BCUT2D eigenvalue weighted by Crippen LogP contribution is 2.53. The van der Waals surface area contributed by atoms with Crippen molar-refractivity contribution in [1.29, 1.82) is 0 Å². The number of halogens is 2. The lowest BCUT2D eigenvalue weighted by molar-refractivity contribution is -0.139. The van der Waals surface area contributed by atoms with Crippen LogP contribution in [0.1, 0.15) is 48.2 Å². The Labute approximate surface area is 224 Å². The van der Waals surface area contributed by atoms with Gasteiger partial charge in [0.15, 0.2) is 6.61 Å². The standard InChI is InChI=1S/C29H28BrClO5/c1-17(2)23-15-24(18-4-9-21(31)10-5-18)28(19-6-11-22(34-3)12-7-19)36-29(23)25-14-20(30)8-13-26(25)35-16-27(32)33/h4-14,23-24,28-29H,1,15-16H2,2-3H3,(H,32,33)/t23-,24-,28+,29+/m1/s1. The minimum absolute atomic E-state index is 0.0262. The summed E-state index contributed by atoms with van der Waals surface area (Å²) >= 11 is 9.74. The molecule has 0 bridgehead atoms. The van der Waals surface area contributed by atoms with Crippen LogP contribution in [0.5, 0.6) is 11.5 Å². The van der Waals surface area contributed by atoms with Crippen molar-refractivity contribution in [3.8, 4) is 11.5 Å². The first-order valence-electron chi connectivity index (χ1n) is 11.6. The van der Waals surface area contributed by atoms with Gasteiger partial charge in [0.2, 0.25) is 0 Å². The highest BCUT2D eigenvalue weighted by Gasteiger charge is 2.41. The lowest BCUT2D eigenvalue weighted by atomic mass is 9.74. The number of hydrogen-bond acceptors (Lipinski definition) is 4. The molecule has 0 unspecified atom stereocenters. The van der Waals surface area contributed by atoms with Crippen LogP contribution in [-0.4, -0.2) is 24.8 Å². The zero-order valence-electron chi connectivity index (χ0n) is 20.1. The van der Waals surface area contributed by atoms with Gasteiger partial charge in [-0.15, -0.1) is 0 Å². The minimum atomic E-state index is -1.04. The van der Waals surface area contributed by atoms with Crippen molar-refractivity contribution in [2.45, 2.75) is 31.5 Å². The van der Waals surface area contributed by atoms with Crippen molar-refractivity contribution >= 4 is 33.5 Å². The van der Waals surface area contributed by atoms with Crippen molar-refractivity contribution in [1.82, 2.24) is 0 Å². The van der Waals surface area contributed by atoms with Crippen LogP contribution in [0, 0.1) is 5.92 Å². The molecule has 7 heteroatoms. The molecule has 1 N–H and O–H groups in total. The fraction of sp³-hybridized carbons (Fsp3) is 0.276. The van der Waals surface area contributed by atoms with Crippen LogP contribution in [-0.2, 0) is 9.53 Å². The molecule has 4 atom stereocenters. The predicted molar refractivity (Wildman–Crippen MR) is 144 cm³/mol. The van der Waals surface area contributed by atoms with Crippen molar-refractivity contribution in [2.24, 2.45) is 5.92 Å². The SMILES string of the molecule is C=C(C)[C@H]1C[C@H](c2ccc(Cl)cc2)[C@H](c2ccc(OC)cc2)O[C@@H]1c1cc(Br)ccc1OCC(=O)O. The Morgan fingerprint density at radius 2 is 1.75 bits per heavy atom. The fourth-order valence-electron chi connectivity index (χ4n) is 4.76. The highest BCUT2D eigenvalue weighted by atomic mass is 79.9. The van der Waals surface area contributed by atoms with Crippen molar-refractivity contribution in [3.05, 3.63) is 105 Å². The maximum Gasteiger partial charge on any atom is 0.341 e. The molecule has 0 saturated carbocycles. The van der Waals surface area contributed by atoms with Crippen LogP contribution in [0.15, 0.2) is 83.4 Å². The van der Waals surface area contributed by atoms with Gasteiger partial charge in [-0.05, 0) is 66.9 Å². The molecule has 0 aliphatic carbocycles. The largest absolute Gasteiger partial charge is 0.497 e. The highest BCUT2D eigenvalue weighted by molar-refractivity contribution is 9.10. The molecule has 3 aromatic rings. The Morgan fingerprint density at radius 1 is 1.08 bits per heavy atom. The Balaban J connectivity index is 1.80. The quantitative estimate of drug-likeness (QED) is 0.280. The van der Waals surface area contributed by atoms with E-state index in [-0.39, 0.29) is 24.0 Å². The Morgan fingerprint density at radius 3 is 2.36 bits per heavy atom. The molecule has 1 saturated heterocycles. The number of carbonyl (C=O) groups is 1. The summed E-state index contributed by atoms with van der Waals surface area (Å²) in [7, 11) is 1.64. The first kappa shape index (κ1) is 26.3. The average Bonchev–Trinajstić information content (AvgIpc) is 2.87. The van der Waals surface area contributed by atoms with Gasteiger partial charge in [-0.1, -0.05) is 63.9 Å². The summed E-state index contributed by atoms with van der Waals surface area (Å²) in [4.78, 5) is 11.2. The monoisotopic (exact) mass is 570 g/mol. The molecule has 188 valence electrons. The zero-order valence-corrected chi connectivity index (χ0v) is 22.5. The van der Waals surface area contributed by atoms with Crippen molar-refractivity contribution in [3.63, 3.8) is 0 Å². The second kappa shape index (κ2) is 11.5. The molecule has 4 rings (SSSR count). The number of aliphatic carboxylic acids is 1. The van der Waals surface area contributed by atoms with Gasteiger partial charge in [0.1, 0.15) is 11.5 Å². The molecule has 1 aliphatic heterocycles. The Hall–Kier alpha value is -2.80. The summed E-state index contributed by atoms with van der Waals surface area (Å²) in [6.07, 6.45) is 0.117. The lowest BCUT2D eigenvalue weighted by Gasteiger charge is -2.43. The van der Waals surface area contributed by atoms with Gasteiger partial charge < -0.3 is 19.3 Å². The topological polar surface area (TPSA) is 65.0 Å². The third kappa shape index (κ3) is 5.94. The molecule has 1 aliphatic rings. The maximum absolute atomic E-state index is 11.2. The molecule has 5 nitrogen and oxygen atoms in total. The van der Waals surface area contributed by atoms with E-state index in [1.165, 1.54) is 0 Å². The van der Waals surface area contributed by atoms with Gasteiger partial charge in [-0.3, -0.25) is 0 Å². The molecule has 0 radical (unpaired) electrons. The van der Waals surface area contributed by atoms with Gasteiger partial charge in [0.05, 0.1) is 19.3 Å². The first-order chi connectivity index (χ1) is 17.3. The molecule has 0 spiro atoms. The average molecular weight is 572 g/mol. The Bertz CT molecular complexity index is 1230. The fourth-order valence-corrected chi connectivity index (χ4v) is 5.26. The van der Waals surface area contributed by atoms with E-state index in [4.69, 9.17) is 25.8 Å². The van der Waals surface area contributed by atoms with Gasteiger partial charge >= 0.3 is 5.97 Å². The van der Waals surface area contributed by atoms with E-state index >= 15 is 0 Å². The molecular weight excluding hydrogens is 544 g/mol. The molecule has 0 amide bonds. The van der Waals surface area contributed by atoms with Gasteiger partial charge in [0.25, 0.3) is 0 Å². The molecule has 36 heavy (non-hydrogen) atoms. The van der Waals surface area contributed by atoms with Crippen LogP contribution in [0.2, 0.25) is 5.02 Å². The molecule has 3 aromatic carbocycles. The third-order valence-electron chi connectivity index (χ3n) is 6.54. The number of benzene rings is 3. The normalized spacial score (nSPS) is 21.6. The maximum atomic E-state index is 11.2. The lowest BCUT2D eigenvalue weighted by Crippen LogP contribution is -2.32. The van der Waals surface area contributed by atoms with Gasteiger partial charge in [-0.25, -0.2) is 4.79 Å². The number of carboxylic acids is 1. The number of carboxylic acid groups (broad SMARTS) is 1.